The molecule has 0 rings (SSSR count). The summed E-state index contributed by atoms with van der Waals surface area (Å²) in [5.41, 5.74) is 0. The van der Waals surface area contributed by atoms with E-state index in [1.807, 2.05) is 0 Å². The summed E-state index contributed by atoms with van der Waals surface area (Å²) in [7, 11) is 0. The van der Waals surface area contributed by atoms with Crippen molar-refractivity contribution in [3.8, 4) is 0 Å². The molecule has 0 aliphatic carbocycles. The molecule has 0 aliphatic rings. The molecule has 0 saturated carbocycles. The molecule has 1 unspecified atom stereocenters. The average Bonchev–Trinajstić information content (AvgIpc) is 3.48. The minimum atomic E-state index is -0.790. The molecule has 0 amide bonds. The van der Waals surface area contributed by atoms with Crippen molar-refractivity contribution in [1.29, 1.82) is 0 Å². The molecule has 82 heavy (non-hydrogen) atoms. The summed E-state index contributed by atoms with van der Waals surface area (Å²) in [6, 6.07) is 0. The van der Waals surface area contributed by atoms with Gasteiger partial charge in [0, 0.05) is 19.3 Å². The van der Waals surface area contributed by atoms with E-state index in [0.29, 0.717) is 19.3 Å². The summed E-state index contributed by atoms with van der Waals surface area (Å²) in [4.78, 5) is 38.3. The molecule has 0 aromatic rings. The second-order valence-corrected chi connectivity index (χ2v) is 23.0. The maximum absolute atomic E-state index is 12.9. The van der Waals surface area contributed by atoms with Crippen LogP contribution >= 0.6 is 0 Å². The summed E-state index contributed by atoms with van der Waals surface area (Å²) in [5.74, 6) is -0.898. The molecule has 0 fully saturated rings. The van der Waals surface area contributed by atoms with Crippen LogP contribution in [0.4, 0.5) is 0 Å². The molecule has 0 aromatic heterocycles. The van der Waals surface area contributed by atoms with E-state index in [0.717, 1.165) is 135 Å². The lowest BCUT2D eigenvalue weighted by molar-refractivity contribution is -0.167. The van der Waals surface area contributed by atoms with E-state index in [4.69, 9.17) is 14.2 Å². The fourth-order valence-corrected chi connectivity index (χ4v) is 9.83. The Morgan fingerprint density at radius 1 is 0.256 bits per heavy atom. The highest BCUT2D eigenvalue weighted by atomic mass is 16.6. The fraction of sp³-hybridized carbons (Fsp3) is 0.724. The number of hydrogen-bond donors (Lipinski definition) is 0. The van der Waals surface area contributed by atoms with Crippen molar-refractivity contribution >= 4 is 17.9 Å². The number of ether oxygens (including phenoxy) is 3. The van der Waals surface area contributed by atoms with Gasteiger partial charge in [-0.05, 0) is 122 Å². The first kappa shape index (κ1) is 78.1. The van der Waals surface area contributed by atoms with Gasteiger partial charge in [0.2, 0.25) is 0 Å². The molecule has 6 heteroatoms. The lowest BCUT2D eigenvalue weighted by atomic mass is 10.0. The molecule has 0 aliphatic heterocycles. The predicted molar refractivity (Wildman–Crippen MR) is 357 cm³/mol. The fourth-order valence-electron chi connectivity index (χ4n) is 9.83. The quantitative estimate of drug-likeness (QED) is 0.0261. The third-order valence-corrected chi connectivity index (χ3v) is 15.0. The minimum absolute atomic E-state index is 0.0846. The van der Waals surface area contributed by atoms with Gasteiger partial charge in [-0.15, -0.1) is 0 Å². The van der Waals surface area contributed by atoms with Crippen molar-refractivity contribution in [2.45, 2.75) is 341 Å². The van der Waals surface area contributed by atoms with Crippen LogP contribution in [0.25, 0.3) is 0 Å². The van der Waals surface area contributed by atoms with E-state index in [2.05, 4.69) is 130 Å². The Kier molecular flexibility index (Phi) is 66.2. The summed E-state index contributed by atoms with van der Waals surface area (Å²) < 4.78 is 16.9. The Bertz CT molecular complexity index is 1640. The Balaban J connectivity index is 4.14. The third-order valence-electron chi connectivity index (χ3n) is 15.0. The van der Waals surface area contributed by atoms with Gasteiger partial charge in [0.15, 0.2) is 6.10 Å². The van der Waals surface area contributed by atoms with Crippen LogP contribution in [0.1, 0.15) is 335 Å². The maximum Gasteiger partial charge on any atom is 0.306 e. The van der Waals surface area contributed by atoms with E-state index in [1.165, 1.54) is 161 Å². The Morgan fingerprint density at radius 3 is 0.756 bits per heavy atom. The van der Waals surface area contributed by atoms with Crippen LogP contribution in [0, 0.1) is 0 Å². The highest BCUT2D eigenvalue weighted by Gasteiger charge is 2.19. The number of carbonyl (C=O) groups is 3. The molecule has 0 heterocycles. The molecule has 0 N–H and O–H groups in total. The summed E-state index contributed by atoms with van der Waals surface area (Å²) in [6.45, 7) is 6.41. The van der Waals surface area contributed by atoms with Crippen LogP contribution in [-0.2, 0) is 28.6 Å². The monoisotopic (exact) mass is 1140 g/mol. The zero-order valence-electron chi connectivity index (χ0n) is 54.0. The molecule has 0 spiro atoms. The second kappa shape index (κ2) is 69.6. The molecule has 0 aromatic carbocycles. The van der Waals surface area contributed by atoms with Crippen molar-refractivity contribution in [3.63, 3.8) is 0 Å². The minimum Gasteiger partial charge on any atom is -0.462 e. The molecule has 0 radical (unpaired) electrons. The topological polar surface area (TPSA) is 78.9 Å². The predicted octanol–water partition coefficient (Wildman–Crippen LogP) is 24.2. The Labute approximate surface area is 508 Å². The number of unbranched alkanes of at least 4 members (excludes halogenated alkanes) is 34. The van der Waals surface area contributed by atoms with Crippen LogP contribution < -0.4 is 0 Å². The number of rotatable bonds is 63. The van der Waals surface area contributed by atoms with Crippen molar-refractivity contribution < 1.29 is 28.6 Å². The molecular formula is C76H130O6. The van der Waals surface area contributed by atoms with Gasteiger partial charge in [-0.1, -0.05) is 304 Å². The maximum atomic E-state index is 12.9. The van der Waals surface area contributed by atoms with Gasteiger partial charge in [-0.25, -0.2) is 0 Å². The standard InChI is InChI=1S/C76H130O6/c1-4-7-10-13-16-19-22-25-28-29-30-31-32-33-34-35-36-37-38-39-40-41-42-43-44-45-46-47-49-51-54-57-60-63-66-69-75(78)81-72-73(71-80-74(77)68-65-62-59-56-53-50-27-24-21-18-15-12-9-6-3)82-76(79)70-67-64-61-58-55-52-48-26-23-20-17-14-11-8-5-2/h7-8,10-11,16-17,19-20,24-28,30-31,33-34,48,73H,4-6,9,12-15,18,21-23,29,32,35-47,49-72H2,1-3H3/b10-7-,11-8-,19-16-,20-17-,27-24-,28-25-,31-30-,34-33-,48-26-. The van der Waals surface area contributed by atoms with Gasteiger partial charge in [-0.3, -0.25) is 14.4 Å². The Hall–Kier alpha value is -3.93. The number of allylic oxidation sites excluding steroid dienone is 18. The van der Waals surface area contributed by atoms with Gasteiger partial charge in [0.25, 0.3) is 0 Å². The van der Waals surface area contributed by atoms with Gasteiger partial charge >= 0.3 is 17.9 Å². The normalized spacial score (nSPS) is 12.8. The van der Waals surface area contributed by atoms with E-state index >= 15 is 0 Å². The van der Waals surface area contributed by atoms with Gasteiger partial charge in [0.1, 0.15) is 13.2 Å². The molecular weight excluding hydrogens is 1010 g/mol. The first-order valence-electron chi connectivity index (χ1n) is 34.9. The van der Waals surface area contributed by atoms with Gasteiger partial charge in [-0.2, -0.15) is 0 Å². The van der Waals surface area contributed by atoms with Crippen molar-refractivity contribution in [3.05, 3.63) is 109 Å². The first-order valence-corrected chi connectivity index (χ1v) is 34.9. The van der Waals surface area contributed by atoms with E-state index in [-0.39, 0.29) is 31.1 Å². The van der Waals surface area contributed by atoms with Crippen LogP contribution in [0.15, 0.2) is 109 Å². The molecule has 6 nitrogen and oxygen atoms in total. The van der Waals surface area contributed by atoms with Crippen molar-refractivity contribution in [2.24, 2.45) is 0 Å². The second-order valence-electron chi connectivity index (χ2n) is 23.0. The summed E-state index contributed by atoms with van der Waals surface area (Å²) in [6.07, 6.45) is 95.6. The first-order chi connectivity index (χ1) is 40.5. The number of esters is 3. The van der Waals surface area contributed by atoms with Gasteiger partial charge in [0.05, 0.1) is 0 Å². The number of hydrogen-bond acceptors (Lipinski definition) is 6. The summed E-state index contributed by atoms with van der Waals surface area (Å²) >= 11 is 0. The molecule has 0 saturated heterocycles. The Morgan fingerprint density at radius 2 is 0.476 bits per heavy atom. The SMILES string of the molecule is CC/C=C\C/C=C\C/C=C\C/C=C\C/C=C\CCCCCCCCCCCCCCCCCCCCCC(=O)OCC(COC(=O)CCCCCCC/C=C\CCCCCCC)OC(=O)CCCCCCC/C=C\C/C=C\C/C=C\CC. The van der Waals surface area contributed by atoms with Crippen molar-refractivity contribution in [1.82, 2.24) is 0 Å². The number of carbonyl (C=O) groups excluding carboxylic acids is 3. The summed E-state index contributed by atoms with van der Waals surface area (Å²) in [5, 5.41) is 0. The highest BCUT2D eigenvalue weighted by Crippen LogP contribution is 2.17. The molecule has 470 valence electrons. The lowest BCUT2D eigenvalue weighted by Gasteiger charge is -2.18. The zero-order valence-corrected chi connectivity index (χ0v) is 54.0. The van der Waals surface area contributed by atoms with Crippen LogP contribution in [-0.4, -0.2) is 37.2 Å². The largest absolute Gasteiger partial charge is 0.462 e. The van der Waals surface area contributed by atoms with Gasteiger partial charge < -0.3 is 14.2 Å². The van der Waals surface area contributed by atoms with Crippen LogP contribution in [0.3, 0.4) is 0 Å². The molecule has 1 atom stereocenters. The average molecular weight is 1140 g/mol. The van der Waals surface area contributed by atoms with Crippen LogP contribution in [0.2, 0.25) is 0 Å². The molecule has 0 bridgehead atoms. The van der Waals surface area contributed by atoms with E-state index in [9.17, 15) is 14.4 Å². The van der Waals surface area contributed by atoms with E-state index < -0.39 is 6.10 Å². The highest BCUT2D eigenvalue weighted by molar-refractivity contribution is 5.71. The van der Waals surface area contributed by atoms with Crippen LogP contribution in [0.5, 0.6) is 0 Å². The third kappa shape index (κ3) is 66.9. The van der Waals surface area contributed by atoms with Crippen molar-refractivity contribution in [2.75, 3.05) is 13.2 Å². The smallest absolute Gasteiger partial charge is 0.306 e. The zero-order chi connectivity index (χ0) is 59.2. The van der Waals surface area contributed by atoms with E-state index in [1.54, 1.807) is 0 Å². The lowest BCUT2D eigenvalue weighted by Crippen LogP contribution is -2.30.